The molecule has 3 nitrogen and oxygen atoms in total. The second-order valence-electron chi connectivity index (χ2n) is 8.98. The number of ketones is 1. The number of anilines is 1. The number of rotatable bonds is 9. The van der Waals surface area contributed by atoms with Crippen molar-refractivity contribution in [3.63, 3.8) is 0 Å². The maximum Gasteiger partial charge on any atom is 0.416 e. The lowest BCUT2D eigenvalue weighted by Gasteiger charge is -2.21. The van der Waals surface area contributed by atoms with E-state index in [9.17, 15) is 18.0 Å². The normalized spacial score (nSPS) is 12.4. The number of halogens is 3. The average molecular weight is 492 g/mol. The number of carbonyl (C=O) groups is 1. The summed E-state index contributed by atoms with van der Waals surface area (Å²) < 4.78 is 44.1. The molecule has 4 aromatic rings. The zero-order chi connectivity index (χ0) is 25.7. The van der Waals surface area contributed by atoms with Gasteiger partial charge in [0.2, 0.25) is 0 Å². The maximum atomic E-state index is 13.0. The van der Waals surface area contributed by atoms with Crippen LogP contribution < -0.4 is 10.1 Å². The van der Waals surface area contributed by atoms with Crippen LogP contribution in [0.1, 0.15) is 41.1 Å². The molecule has 1 atom stereocenters. The summed E-state index contributed by atoms with van der Waals surface area (Å²) in [5, 5.41) is 5.42. The highest BCUT2D eigenvalue weighted by atomic mass is 19.4. The first-order chi connectivity index (χ1) is 17.2. The predicted molar refractivity (Wildman–Crippen MR) is 137 cm³/mol. The quantitative estimate of drug-likeness (QED) is 0.258. The van der Waals surface area contributed by atoms with Gasteiger partial charge in [0.25, 0.3) is 0 Å². The Labute approximate surface area is 208 Å². The zero-order valence-electron chi connectivity index (χ0n) is 20.2. The molecule has 0 fully saturated rings. The van der Waals surface area contributed by atoms with Crippen LogP contribution in [0.3, 0.4) is 0 Å². The highest BCUT2D eigenvalue weighted by Crippen LogP contribution is 2.31. The van der Waals surface area contributed by atoms with Crippen LogP contribution in [0.4, 0.5) is 18.9 Å². The Morgan fingerprint density at radius 2 is 1.64 bits per heavy atom. The molecule has 186 valence electrons. The molecule has 0 radical (unpaired) electrons. The van der Waals surface area contributed by atoms with Crippen molar-refractivity contribution in [2.45, 2.75) is 38.4 Å². The van der Waals surface area contributed by atoms with Crippen molar-refractivity contribution in [3.8, 4) is 5.75 Å². The minimum absolute atomic E-state index is 0.0794. The van der Waals surface area contributed by atoms with E-state index in [1.807, 2.05) is 61.5 Å². The van der Waals surface area contributed by atoms with Gasteiger partial charge in [-0.2, -0.15) is 13.2 Å². The number of aryl methyl sites for hydroxylation is 2. The second-order valence-corrected chi connectivity index (χ2v) is 8.98. The van der Waals surface area contributed by atoms with Crippen molar-refractivity contribution in [2.75, 3.05) is 12.4 Å². The van der Waals surface area contributed by atoms with Gasteiger partial charge in [0.1, 0.15) is 11.5 Å². The number of fused-ring (bicyclic) bond motifs is 1. The van der Waals surface area contributed by atoms with Crippen LogP contribution in [0.15, 0.2) is 84.9 Å². The Morgan fingerprint density at radius 1 is 0.917 bits per heavy atom. The van der Waals surface area contributed by atoms with Crippen LogP contribution in [0.5, 0.6) is 5.75 Å². The number of carbonyl (C=O) groups excluding carboxylic acids is 1. The third-order valence-electron chi connectivity index (χ3n) is 6.23. The van der Waals surface area contributed by atoms with Crippen LogP contribution in [-0.4, -0.2) is 12.9 Å². The van der Waals surface area contributed by atoms with Crippen molar-refractivity contribution in [1.82, 2.24) is 0 Å². The molecule has 0 amide bonds. The first kappa shape index (κ1) is 25.3. The number of alkyl halides is 3. The summed E-state index contributed by atoms with van der Waals surface area (Å²) in [6.45, 7) is 1.97. The third-order valence-corrected chi connectivity index (χ3v) is 6.23. The van der Waals surface area contributed by atoms with Gasteiger partial charge in [-0.1, -0.05) is 54.1 Å². The Hall–Kier alpha value is -3.80. The minimum atomic E-state index is -4.39. The minimum Gasteiger partial charge on any atom is -0.497 e. The summed E-state index contributed by atoms with van der Waals surface area (Å²) in [5.74, 6) is 0.879. The van der Waals surface area contributed by atoms with Gasteiger partial charge in [-0.15, -0.1) is 0 Å². The number of hydrogen-bond acceptors (Lipinski definition) is 3. The van der Waals surface area contributed by atoms with Gasteiger partial charge < -0.3 is 10.1 Å². The monoisotopic (exact) mass is 491 g/mol. The molecule has 0 heterocycles. The fourth-order valence-corrected chi connectivity index (χ4v) is 4.26. The maximum absolute atomic E-state index is 13.0. The first-order valence-electron chi connectivity index (χ1n) is 11.8. The highest BCUT2D eigenvalue weighted by Gasteiger charge is 2.30. The third kappa shape index (κ3) is 6.45. The number of hydrogen-bond donors (Lipinski definition) is 1. The zero-order valence-corrected chi connectivity index (χ0v) is 20.2. The molecule has 4 rings (SSSR count). The molecule has 0 aliphatic carbocycles. The molecule has 0 aliphatic heterocycles. The SMILES string of the molecule is COc1ccc2cc(CCC(=O)CC(Nc3ccc(C(F)(F)F)cc3)c3cccc(C)c3)ccc2c1. The van der Waals surface area contributed by atoms with Gasteiger partial charge in [-0.05, 0) is 71.6 Å². The topological polar surface area (TPSA) is 38.3 Å². The van der Waals surface area contributed by atoms with Crippen LogP contribution in [0.25, 0.3) is 10.8 Å². The van der Waals surface area contributed by atoms with Gasteiger partial charge in [-0.3, -0.25) is 4.79 Å². The van der Waals surface area contributed by atoms with E-state index in [-0.39, 0.29) is 18.2 Å². The number of nitrogens with one attached hydrogen (secondary N) is 1. The summed E-state index contributed by atoms with van der Waals surface area (Å²) in [4.78, 5) is 13.0. The first-order valence-corrected chi connectivity index (χ1v) is 11.8. The van der Waals surface area contributed by atoms with Crippen LogP contribution in [-0.2, 0) is 17.4 Å². The van der Waals surface area contributed by atoms with E-state index in [0.717, 1.165) is 45.3 Å². The molecule has 4 aromatic carbocycles. The largest absolute Gasteiger partial charge is 0.497 e. The van der Waals surface area contributed by atoms with Gasteiger partial charge >= 0.3 is 6.18 Å². The molecule has 0 spiro atoms. The standard InChI is InChI=1S/C30H28F3NO2/c1-20-4-3-5-24(16-20)29(34-26-12-10-25(11-13-26)30(31,32)33)19-27(35)14-7-21-6-8-23-18-28(36-2)15-9-22(23)17-21/h3-6,8-13,15-18,29,34H,7,14,19H2,1-2H3. The van der Waals surface area contributed by atoms with Gasteiger partial charge in [-0.25, -0.2) is 0 Å². The van der Waals surface area contributed by atoms with E-state index >= 15 is 0 Å². The van der Waals surface area contributed by atoms with E-state index in [1.54, 1.807) is 7.11 Å². The summed E-state index contributed by atoms with van der Waals surface area (Å²) >= 11 is 0. The van der Waals surface area contributed by atoms with E-state index in [0.29, 0.717) is 18.5 Å². The van der Waals surface area contributed by atoms with Crippen LogP contribution >= 0.6 is 0 Å². The lowest BCUT2D eigenvalue weighted by Crippen LogP contribution is -2.16. The Morgan fingerprint density at radius 3 is 2.33 bits per heavy atom. The van der Waals surface area contributed by atoms with Crippen molar-refractivity contribution in [2.24, 2.45) is 0 Å². The molecular weight excluding hydrogens is 463 g/mol. The van der Waals surface area contributed by atoms with Crippen molar-refractivity contribution >= 4 is 22.2 Å². The number of methoxy groups -OCH3 is 1. The average Bonchev–Trinajstić information content (AvgIpc) is 2.86. The number of Topliss-reactive ketones (excluding diaryl/α,β-unsaturated/α-hetero) is 1. The van der Waals surface area contributed by atoms with Gasteiger partial charge in [0.15, 0.2) is 0 Å². The van der Waals surface area contributed by atoms with Crippen molar-refractivity contribution < 1.29 is 22.7 Å². The summed E-state index contributed by atoms with van der Waals surface area (Å²) in [7, 11) is 1.64. The number of ether oxygens (including phenoxy) is 1. The fraction of sp³-hybridized carbons (Fsp3) is 0.233. The fourth-order valence-electron chi connectivity index (χ4n) is 4.26. The lowest BCUT2D eigenvalue weighted by molar-refractivity contribution is -0.137. The molecule has 0 saturated carbocycles. The van der Waals surface area contributed by atoms with Crippen LogP contribution in [0.2, 0.25) is 0 Å². The van der Waals surface area contributed by atoms with Crippen molar-refractivity contribution in [1.29, 1.82) is 0 Å². The van der Waals surface area contributed by atoms with Gasteiger partial charge in [0.05, 0.1) is 18.7 Å². The van der Waals surface area contributed by atoms with Crippen molar-refractivity contribution in [3.05, 3.63) is 107 Å². The Kier molecular flexibility index (Phi) is 7.63. The molecular formula is C30H28F3NO2. The molecule has 1 N–H and O–H groups in total. The molecule has 0 aliphatic rings. The highest BCUT2D eigenvalue weighted by molar-refractivity contribution is 5.85. The predicted octanol–water partition coefficient (Wildman–Crippen LogP) is 7.92. The number of benzene rings is 4. The van der Waals surface area contributed by atoms with Gasteiger partial charge in [0, 0.05) is 18.5 Å². The smallest absolute Gasteiger partial charge is 0.416 e. The van der Waals surface area contributed by atoms with E-state index in [4.69, 9.17) is 4.74 Å². The van der Waals surface area contributed by atoms with E-state index in [2.05, 4.69) is 11.4 Å². The molecule has 36 heavy (non-hydrogen) atoms. The van der Waals surface area contributed by atoms with E-state index < -0.39 is 11.7 Å². The lowest BCUT2D eigenvalue weighted by atomic mass is 9.96. The molecule has 0 bridgehead atoms. The summed E-state index contributed by atoms with van der Waals surface area (Å²) in [6.07, 6.45) is -3.17. The molecule has 0 saturated heterocycles. The molecule has 0 aromatic heterocycles. The summed E-state index contributed by atoms with van der Waals surface area (Å²) in [6, 6.07) is 24.4. The molecule has 6 heteroatoms. The van der Waals surface area contributed by atoms with Crippen LogP contribution in [0, 0.1) is 6.92 Å². The van der Waals surface area contributed by atoms with E-state index in [1.165, 1.54) is 12.1 Å². The second kappa shape index (κ2) is 10.9. The molecule has 1 unspecified atom stereocenters. The Bertz CT molecular complexity index is 1350. The summed E-state index contributed by atoms with van der Waals surface area (Å²) in [5.41, 5.74) is 2.87. The Balaban J connectivity index is 1.45.